The number of hydrogen-bond acceptors (Lipinski definition) is 5. The molecule has 158 valence electrons. The Morgan fingerprint density at radius 2 is 1.78 bits per heavy atom. The first kappa shape index (κ1) is 20.0. The van der Waals surface area contributed by atoms with E-state index in [2.05, 4.69) is 15.3 Å². The molecule has 3 aromatic carbocycles. The van der Waals surface area contributed by atoms with Gasteiger partial charge in [-0.3, -0.25) is 9.36 Å². The summed E-state index contributed by atoms with van der Waals surface area (Å²) in [7, 11) is 0. The van der Waals surface area contributed by atoms with Crippen LogP contribution in [0.2, 0.25) is 5.02 Å². The third kappa shape index (κ3) is 3.86. The fraction of sp³-hybridized carbons (Fsp3) is 0.0833. The molecule has 0 aliphatic heterocycles. The number of rotatable bonds is 5. The van der Waals surface area contributed by atoms with E-state index in [0.717, 1.165) is 5.69 Å². The molecule has 5 rings (SSSR count). The summed E-state index contributed by atoms with van der Waals surface area (Å²) < 4.78 is 9.15. The van der Waals surface area contributed by atoms with E-state index in [1.165, 1.54) is 0 Å². The van der Waals surface area contributed by atoms with E-state index in [-0.39, 0.29) is 12.2 Å². The van der Waals surface area contributed by atoms with Crippen molar-refractivity contribution in [2.24, 2.45) is 0 Å². The summed E-state index contributed by atoms with van der Waals surface area (Å²) >= 11 is 6.05. The summed E-state index contributed by atoms with van der Waals surface area (Å²) in [5.74, 6) is 1.22. The molecule has 0 radical (unpaired) electrons. The zero-order valence-electron chi connectivity index (χ0n) is 17.1. The molecule has 0 atom stereocenters. The van der Waals surface area contributed by atoms with E-state index in [1.807, 2.05) is 67.6 Å². The maximum absolute atomic E-state index is 13.1. The predicted octanol–water partition coefficient (Wildman–Crippen LogP) is 4.51. The summed E-state index contributed by atoms with van der Waals surface area (Å²) in [6, 6.07) is 22.0. The van der Waals surface area contributed by atoms with Crippen molar-refractivity contribution in [3.8, 4) is 17.1 Å². The summed E-state index contributed by atoms with van der Waals surface area (Å²) in [6.45, 7) is 2.05. The number of para-hydroxylation sites is 1. The van der Waals surface area contributed by atoms with Crippen LogP contribution in [0, 0.1) is 6.92 Å². The maximum Gasteiger partial charge on any atom is 0.265 e. The third-order valence-electron chi connectivity index (χ3n) is 5.02. The predicted molar refractivity (Wildman–Crippen MR) is 123 cm³/mol. The Morgan fingerprint density at radius 1 is 0.969 bits per heavy atom. The van der Waals surface area contributed by atoms with Crippen LogP contribution in [0.15, 0.2) is 83.8 Å². The highest BCUT2D eigenvalue weighted by molar-refractivity contribution is 6.30. The number of benzene rings is 3. The summed E-state index contributed by atoms with van der Waals surface area (Å²) in [5.41, 5.74) is 2.73. The van der Waals surface area contributed by atoms with Crippen molar-refractivity contribution in [2.75, 3.05) is 0 Å². The second-order valence-corrected chi connectivity index (χ2v) is 7.67. The van der Waals surface area contributed by atoms with Gasteiger partial charge in [0.2, 0.25) is 0 Å². The van der Waals surface area contributed by atoms with Gasteiger partial charge in [0, 0.05) is 11.1 Å². The molecule has 2 aromatic heterocycles. The van der Waals surface area contributed by atoms with Gasteiger partial charge in [0.1, 0.15) is 23.9 Å². The number of fused-ring (bicyclic) bond motifs is 1. The SMILES string of the molecule is Cc1nc2ccccc2c(=O)n1-c1cccc(OCc2cn(-c3cccc(Cl)c3)nn2)c1. The highest BCUT2D eigenvalue weighted by Crippen LogP contribution is 2.19. The average Bonchev–Trinajstić information content (AvgIpc) is 3.27. The average molecular weight is 444 g/mol. The normalized spacial score (nSPS) is 11.1. The molecular formula is C24H18ClN5O2. The Labute approximate surface area is 188 Å². The number of nitrogens with zero attached hydrogens (tertiary/aromatic N) is 5. The van der Waals surface area contributed by atoms with Crippen LogP contribution >= 0.6 is 11.6 Å². The second kappa shape index (κ2) is 8.28. The van der Waals surface area contributed by atoms with Crippen LogP contribution in [0.3, 0.4) is 0 Å². The Morgan fingerprint density at radius 3 is 2.66 bits per heavy atom. The molecule has 0 aliphatic carbocycles. The number of aromatic nitrogens is 5. The van der Waals surface area contributed by atoms with Gasteiger partial charge in [0.25, 0.3) is 5.56 Å². The van der Waals surface area contributed by atoms with Crippen molar-refractivity contribution in [1.29, 1.82) is 0 Å². The molecule has 5 aromatic rings. The lowest BCUT2D eigenvalue weighted by Gasteiger charge is -2.12. The molecule has 32 heavy (non-hydrogen) atoms. The molecule has 2 heterocycles. The molecular weight excluding hydrogens is 426 g/mol. The Kier molecular flexibility index (Phi) is 5.17. The molecule has 0 spiro atoms. The van der Waals surface area contributed by atoms with Gasteiger partial charge in [-0.2, -0.15) is 0 Å². The quantitative estimate of drug-likeness (QED) is 0.399. The van der Waals surface area contributed by atoms with Gasteiger partial charge >= 0.3 is 0 Å². The Bertz CT molecular complexity index is 1490. The van der Waals surface area contributed by atoms with Crippen LogP contribution in [0.4, 0.5) is 0 Å². The summed E-state index contributed by atoms with van der Waals surface area (Å²) in [5, 5.41) is 9.49. The van der Waals surface area contributed by atoms with E-state index in [9.17, 15) is 4.79 Å². The molecule has 0 unspecified atom stereocenters. The largest absolute Gasteiger partial charge is 0.487 e. The molecule has 0 N–H and O–H groups in total. The van der Waals surface area contributed by atoms with Crippen molar-refractivity contribution in [2.45, 2.75) is 13.5 Å². The van der Waals surface area contributed by atoms with Crippen LogP contribution in [0.1, 0.15) is 11.5 Å². The van der Waals surface area contributed by atoms with Gasteiger partial charge in [-0.25, -0.2) is 9.67 Å². The van der Waals surface area contributed by atoms with Gasteiger partial charge in [-0.15, -0.1) is 5.10 Å². The molecule has 8 heteroatoms. The lowest BCUT2D eigenvalue weighted by molar-refractivity contribution is 0.301. The highest BCUT2D eigenvalue weighted by atomic mass is 35.5. The molecule has 7 nitrogen and oxygen atoms in total. The van der Waals surface area contributed by atoms with Crippen molar-refractivity contribution in [1.82, 2.24) is 24.5 Å². The fourth-order valence-corrected chi connectivity index (χ4v) is 3.71. The van der Waals surface area contributed by atoms with E-state index in [4.69, 9.17) is 16.3 Å². The first-order valence-electron chi connectivity index (χ1n) is 9.97. The lowest BCUT2D eigenvalue weighted by Crippen LogP contribution is -2.22. The third-order valence-corrected chi connectivity index (χ3v) is 5.25. The van der Waals surface area contributed by atoms with Crippen molar-refractivity contribution in [3.05, 3.63) is 106 Å². The topological polar surface area (TPSA) is 74.8 Å². The van der Waals surface area contributed by atoms with E-state index >= 15 is 0 Å². The molecule has 0 saturated carbocycles. The fourth-order valence-electron chi connectivity index (χ4n) is 3.53. The van der Waals surface area contributed by atoms with Crippen LogP contribution in [-0.2, 0) is 6.61 Å². The van der Waals surface area contributed by atoms with Gasteiger partial charge in [0.15, 0.2) is 0 Å². The van der Waals surface area contributed by atoms with Crippen LogP contribution in [0.25, 0.3) is 22.3 Å². The minimum Gasteiger partial charge on any atom is -0.487 e. The van der Waals surface area contributed by atoms with Gasteiger partial charge in [-0.1, -0.05) is 41.1 Å². The first-order chi connectivity index (χ1) is 15.6. The molecule has 0 bridgehead atoms. The number of ether oxygens (including phenoxy) is 1. The van der Waals surface area contributed by atoms with Crippen LogP contribution < -0.4 is 10.3 Å². The lowest BCUT2D eigenvalue weighted by atomic mass is 10.2. The molecule has 0 amide bonds. The van der Waals surface area contributed by atoms with Gasteiger partial charge in [0.05, 0.1) is 28.5 Å². The Balaban J connectivity index is 1.39. The van der Waals surface area contributed by atoms with Crippen molar-refractivity contribution < 1.29 is 4.74 Å². The number of hydrogen-bond donors (Lipinski definition) is 0. The van der Waals surface area contributed by atoms with E-state index < -0.39 is 0 Å². The molecule has 0 fully saturated rings. The zero-order valence-corrected chi connectivity index (χ0v) is 17.9. The monoisotopic (exact) mass is 443 g/mol. The summed E-state index contributed by atoms with van der Waals surface area (Å²) in [6.07, 6.45) is 1.79. The Hall–Kier alpha value is -3.97. The highest BCUT2D eigenvalue weighted by Gasteiger charge is 2.11. The smallest absolute Gasteiger partial charge is 0.265 e. The molecule has 0 saturated heterocycles. The van der Waals surface area contributed by atoms with Crippen molar-refractivity contribution >= 4 is 22.5 Å². The number of halogens is 1. The minimum atomic E-state index is -0.116. The standard InChI is InChI=1S/C24H18ClN5O2/c1-16-26-23-11-3-2-10-22(23)24(31)30(16)20-8-5-9-21(13-20)32-15-18-14-29(28-27-18)19-7-4-6-17(25)12-19/h2-14H,15H2,1H3. The van der Waals surface area contributed by atoms with Crippen LogP contribution in [0.5, 0.6) is 5.75 Å². The summed E-state index contributed by atoms with van der Waals surface area (Å²) in [4.78, 5) is 17.6. The van der Waals surface area contributed by atoms with Gasteiger partial charge in [-0.05, 0) is 49.4 Å². The van der Waals surface area contributed by atoms with Gasteiger partial charge < -0.3 is 4.74 Å². The maximum atomic E-state index is 13.1. The first-order valence-corrected chi connectivity index (χ1v) is 10.3. The van der Waals surface area contributed by atoms with Crippen LogP contribution in [-0.4, -0.2) is 24.5 Å². The number of aryl methyl sites for hydroxylation is 1. The van der Waals surface area contributed by atoms with E-state index in [0.29, 0.717) is 38.9 Å². The van der Waals surface area contributed by atoms with Crippen molar-refractivity contribution in [3.63, 3.8) is 0 Å². The second-order valence-electron chi connectivity index (χ2n) is 7.24. The zero-order chi connectivity index (χ0) is 22.1. The molecule has 0 aliphatic rings. The van der Waals surface area contributed by atoms with E-state index in [1.54, 1.807) is 27.6 Å². The minimum absolute atomic E-state index is 0.116.